The molecule has 112 valence electrons. The van der Waals surface area contributed by atoms with Crippen molar-refractivity contribution < 1.29 is 9.13 Å². The van der Waals surface area contributed by atoms with Crippen molar-refractivity contribution in [1.82, 2.24) is 15.0 Å². The number of aromatic nitrogens is 3. The summed E-state index contributed by atoms with van der Waals surface area (Å²) in [5.41, 5.74) is 0. The number of nitrogens with zero attached hydrogens (tertiary/aromatic N) is 4. The number of nitrogens with one attached hydrogen (secondary N) is 1. The zero-order valence-corrected chi connectivity index (χ0v) is 12.6. The zero-order chi connectivity index (χ0) is 15.4. The van der Waals surface area contributed by atoms with E-state index in [2.05, 4.69) is 20.3 Å². The average Bonchev–Trinajstić information content (AvgIpc) is 2.43. The van der Waals surface area contributed by atoms with Gasteiger partial charge in [0.2, 0.25) is 11.9 Å². The third-order valence-corrected chi connectivity index (χ3v) is 2.73. The van der Waals surface area contributed by atoms with E-state index >= 15 is 0 Å². The molecular formula is C13H15ClFN5O. The second-order valence-electron chi connectivity index (χ2n) is 4.34. The van der Waals surface area contributed by atoms with Crippen molar-refractivity contribution in [2.45, 2.75) is 6.92 Å². The van der Waals surface area contributed by atoms with Gasteiger partial charge in [0, 0.05) is 26.7 Å². The minimum atomic E-state index is -0.512. The highest BCUT2D eigenvalue weighted by atomic mass is 35.5. The van der Waals surface area contributed by atoms with Crippen LogP contribution in [0.1, 0.15) is 6.92 Å². The summed E-state index contributed by atoms with van der Waals surface area (Å²) in [4.78, 5) is 14.3. The highest BCUT2D eigenvalue weighted by molar-refractivity contribution is 6.30. The summed E-state index contributed by atoms with van der Waals surface area (Å²) < 4.78 is 18.6. The molecule has 0 aliphatic carbocycles. The van der Waals surface area contributed by atoms with Gasteiger partial charge in [-0.3, -0.25) is 0 Å². The van der Waals surface area contributed by atoms with Gasteiger partial charge in [-0.15, -0.1) is 0 Å². The van der Waals surface area contributed by atoms with Crippen LogP contribution in [0.4, 0.5) is 16.3 Å². The van der Waals surface area contributed by atoms with Crippen LogP contribution in [-0.4, -0.2) is 35.6 Å². The molecule has 1 aromatic heterocycles. The van der Waals surface area contributed by atoms with E-state index in [1.54, 1.807) is 4.90 Å². The van der Waals surface area contributed by atoms with Crippen molar-refractivity contribution >= 4 is 23.5 Å². The van der Waals surface area contributed by atoms with Gasteiger partial charge in [0.05, 0.1) is 5.02 Å². The molecule has 0 aliphatic rings. The van der Waals surface area contributed by atoms with Gasteiger partial charge in [-0.05, 0) is 19.1 Å². The van der Waals surface area contributed by atoms with Crippen molar-refractivity contribution in [2.75, 3.05) is 30.9 Å². The highest BCUT2D eigenvalue weighted by Gasteiger charge is 2.10. The maximum absolute atomic E-state index is 13.1. The Kier molecular flexibility index (Phi) is 4.74. The van der Waals surface area contributed by atoms with Crippen LogP contribution in [-0.2, 0) is 0 Å². The molecule has 0 amide bonds. The van der Waals surface area contributed by atoms with E-state index in [1.807, 2.05) is 21.0 Å². The first-order valence-corrected chi connectivity index (χ1v) is 6.67. The van der Waals surface area contributed by atoms with Crippen molar-refractivity contribution in [3.8, 4) is 11.8 Å². The Balaban J connectivity index is 2.31. The molecule has 0 unspecified atom stereocenters. The summed E-state index contributed by atoms with van der Waals surface area (Å²) >= 11 is 5.71. The van der Waals surface area contributed by atoms with E-state index in [4.69, 9.17) is 16.3 Å². The zero-order valence-electron chi connectivity index (χ0n) is 11.9. The molecule has 0 aliphatic heterocycles. The molecule has 1 aromatic carbocycles. The lowest BCUT2D eigenvalue weighted by molar-refractivity contribution is 0.439. The first-order chi connectivity index (χ1) is 9.99. The third-order valence-electron chi connectivity index (χ3n) is 2.44. The quantitative estimate of drug-likeness (QED) is 0.916. The molecule has 1 heterocycles. The SMILES string of the molecule is CCNc1nc(Oc2ccc(F)c(Cl)c2)nc(N(C)C)n1. The number of anilines is 2. The molecule has 0 spiro atoms. The Labute approximate surface area is 126 Å². The Morgan fingerprint density at radius 1 is 1.29 bits per heavy atom. The van der Waals surface area contributed by atoms with Gasteiger partial charge in [-0.25, -0.2) is 4.39 Å². The normalized spacial score (nSPS) is 10.3. The Bertz CT molecular complexity index is 638. The predicted molar refractivity (Wildman–Crippen MR) is 79.8 cm³/mol. The lowest BCUT2D eigenvalue weighted by atomic mass is 10.3. The fourth-order valence-corrected chi connectivity index (χ4v) is 1.64. The van der Waals surface area contributed by atoms with Crippen LogP contribution in [0, 0.1) is 5.82 Å². The molecule has 21 heavy (non-hydrogen) atoms. The van der Waals surface area contributed by atoms with Crippen LogP contribution in [0.5, 0.6) is 11.8 Å². The largest absolute Gasteiger partial charge is 0.424 e. The Morgan fingerprint density at radius 2 is 2.05 bits per heavy atom. The molecule has 6 nitrogen and oxygen atoms in total. The predicted octanol–water partition coefficient (Wildman–Crippen LogP) is 2.95. The summed E-state index contributed by atoms with van der Waals surface area (Å²) in [6.07, 6.45) is 0. The molecule has 8 heteroatoms. The third kappa shape index (κ3) is 3.91. The molecular weight excluding hydrogens is 297 g/mol. The van der Waals surface area contributed by atoms with E-state index in [0.29, 0.717) is 24.2 Å². The molecule has 0 fully saturated rings. The van der Waals surface area contributed by atoms with Gasteiger partial charge in [-0.2, -0.15) is 15.0 Å². The Hall–Kier alpha value is -2.15. The summed E-state index contributed by atoms with van der Waals surface area (Å²) in [5.74, 6) is 0.685. The van der Waals surface area contributed by atoms with Crippen LogP contribution in [0.15, 0.2) is 18.2 Å². The maximum Gasteiger partial charge on any atom is 0.328 e. The van der Waals surface area contributed by atoms with Crippen LogP contribution in [0.3, 0.4) is 0 Å². The minimum absolute atomic E-state index is 0.0266. The highest BCUT2D eigenvalue weighted by Crippen LogP contribution is 2.25. The molecule has 2 rings (SSSR count). The standard InChI is InChI=1S/C13H15ClFN5O/c1-4-16-11-17-12(20(2)3)19-13(18-11)21-8-5-6-10(15)9(14)7-8/h5-7H,4H2,1-3H3,(H,16,17,18,19). The van der Waals surface area contributed by atoms with E-state index in [0.717, 1.165) is 0 Å². The molecule has 0 radical (unpaired) electrons. The van der Waals surface area contributed by atoms with Crippen LogP contribution < -0.4 is 15.0 Å². The number of ether oxygens (including phenoxy) is 1. The molecule has 0 saturated heterocycles. The van der Waals surface area contributed by atoms with Crippen molar-refractivity contribution in [1.29, 1.82) is 0 Å². The van der Waals surface area contributed by atoms with E-state index in [9.17, 15) is 4.39 Å². The van der Waals surface area contributed by atoms with E-state index < -0.39 is 5.82 Å². The fraction of sp³-hybridized carbons (Fsp3) is 0.308. The minimum Gasteiger partial charge on any atom is -0.424 e. The summed E-state index contributed by atoms with van der Waals surface area (Å²) in [6, 6.07) is 4.14. The second-order valence-corrected chi connectivity index (χ2v) is 4.75. The monoisotopic (exact) mass is 311 g/mol. The van der Waals surface area contributed by atoms with Gasteiger partial charge in [0.1, 0.15) is 11.6 Å². The summed E-state index contributed by atoms with van der Waals surface area (Å²) in [6.45, 7) is 2.60. The number of hydrogen-bond donors (Lipinski definition) is 1. The van der Waals surface area contributed by atoms with E-state index in [-0.39, 0.29) is 11.0 Å². The molecule has 2 aromatic rings. The molecule has 0 saturated carbocycles. The lowest BCUT2D eigenvalue weighted by Gasteiger charge is -2.13. The van der Waals surface area contributed by atoms with E-state index in [1.165, 1.54) is 18.2 Å². The van der Waals surface area contributed by atoms with Crippen molar-refractivity contribution in [3.63, 3.8) is 0 Å². The van der Waals surface area contributed by atoms with Crippen LogP contribution >= 0.6 is 11.6 Å². The Morgan fingerprint density at radius 3 is 2.67 bits per heavy atom. The average molecular weight is 312 g/mol. The second kappa shape index (κ2) is 6.53. The smallest absolute Gasteiger partial charge is 0.328 e. The molecule has 0 bridgehead atoms. The van der Waals surface area contributed by atoms with Gasteiger partial charge in [0.15, 0.2) is 0 Å². The molecule has 1 N–H and O–H groups in total. The molecule has 0 atom stereocenters. The van der Waals surface area contributed by atoms with Crippen LogP contribution in [0.2, 0.25) is 5.02 Å². The number of hydrogen-bond acceptors (Lipinski definition) is 6. The van der Waals surface area contributed by atoms with Crippen molar-refractivity contribution in [3.05, 3.63) is 29.0 Å². The lowest BCUT2D eigenvalue weighted by Crippen LogP contribution is -2.15. The fourth-order valence-electron chi connectivity index (χ4n) is 1.47. The van der Waals surface area contributed by atoms with Gasteiger partial charge < -0.3 is 15.0 Å². The van der Waals surface area contributed by atoms with Crippen LogP contribution in [0.25, 0.3) is 0 Å². The van der Waals surface area contributed by atoms with Gasteiger partial charge in [0.25, 0.3) is 0 Å². The van der Waals surface area contributed by atoms with Crippen molar-refractivity contribution in [2.24, 2.45) is 0 Å². The topological polar surface area (TPSA) is 63.2 Å². The number of halogens is 2. The summed E-state index contributed by atoms with van der Waals surface area (Å²) in [7, 11) is 3.62. The number of benzene rings is 1. The van der Waals surface area contributed by atoms with Gasteiger partial charge in [-0.1, -0.05) is 11.6 Å². The number of rotatable bonds is 5. The first kappa shape index (κ1) is 15.2. The maximum atomic E-state index is 13.1. The van der Waals surface area contributed by atoms with Gasteiger partial charge >= 0.3 is 6.01 Å². The summed E-state index contributed by atoms with van der Waals surface area (Å²) in [5, 5.41) is 2.97. The first-order valence-electron chi connectivity index (χ1n) is 6.29.